The largest absolute Gasteiger partial charge is 0.490 e. The lowest BCUT2D eigenvalue weighted by atomic mass is 10.2. The van der Waals surface area contributed by atoms with E-state index in [0.29, 0.717) is 31.0 Å². The lowest BCUT2D eigenvalue weighted by Crippen LogP contribution is -2.38. The highest BCUT2D eigenvalue weighted by Crippen LogP contribution is 2.20. The van der Waals surface area contributed by atoms with Crippen molar-refractivity contribution in [3.63, 3.8) is 0 Å². The van der Waals surface area contributed by atoms with Crippen LogP contribution in [0.1, 0.15) is 23.7 Å². The summed E-state index contributed by atoms with van der Waals surface area (Å²) in [6.07, 6.45) is 2.48. The van der Waals surface area contributed by atoms with Crippen molar-refractivity contribution >= 4 is 11.8 Å². The number of carbonyl (C=O) groups excluding carboxylic acids is 2. The molecule has 0 aliphatic carbocycles. The Morgan fingerprint density at radius 2 is 2.27 bits per heavy atom. The number of likely N-dealkylation sites (tertiary alicyclic amines) is 1. The van der Waals surface area contributed by atoms with Gasteiger partial charge in [0, 0.05) is 32.6 Å². The number of amides is 2. The molecular formula is C17H22N2O3. The molecule has 2 amide bonds. The molecule has 1 heterocycles. The minimum Gasteiger partial charge on any atom is -0.490 e. The zero-order valence-corrected chi connectivity index (χ0v) is 13.1. The van der Waals surface area contributed by atoms with Crippen LogP contribution in [-0.4, -0.2) is 54.4 Å². The Morgan fingerprint density at radius 1 is 1.50 bits per heavy atom. The van der Waals surface area contributed by atoms with Gasteiger partial charge in [-0.05, 0) is 24.6 Å². The summed E-state index contributed by atoms with van der Waals surface area (Å²) >= 11 is 0. The summed E-state index contributed by atoms with van der Waals surface area (Å²) in [4.78, 5) is 27.5. The van der Waals surface area contributed by atoms with Gasteiger partial charge >= 0.3 is 0 Å². The Bertz CT molecular complexity index is 571. The van der Waals surface area contributed by atoms with Crippen molar-refractivity contribution in [2.24, 2.45) is 0 Å². The van der Waals surface area contributed by atoms with Gasteiger partial charge in [-0.2, -0.15) is 0 Å². The second-order valence-electron chi connectivity index (χ2n) is 5.45. The van der Waals surface area contributed by atoms with Crippen molar-refractivity contribution in [2.75, 3.05) is 26.7 Å². The number of hydrogen-bond acceptors (Lipinski definition) is 3. The molecule has 2 rings (SSSR count). The average Bonchev–Trinajstić information content (AvgIpc) is 3.01. The summed E-state index contributed by atoms with van der Waals surface area (Å²) in [6.45, 7) is 6.80. The third kappa shape index (κ3) is 3.67. The maximum absolute atomic E-state index is 12.6. The van der Waals surface area contributed by atoms with E-state index >= 15 is 0 Å². The van der Waals surface area contributed by atoms with E-state index in [0.717, 1.165) is 6.42 Å². The molecule has 1 aliphatic rings. The number of nitrogens with zero attached hydrogens (tertiary/aromatic N) is 2. The van der Waals surface area contributed by atoms with Gasteiger partial charge in [-0.3, -0.25) is 9.59 Å². The topological polar surface area (TPSA) is 49.9 Å². The van der Waals surface area contributed by atoms with Gasteiger partial charge in [-0.1, -0.05) is 18.7 Å². The van der Waals surface area contributed by atoms with E-state index in [1.807, 2.05) is 6.07 Å². The van der Waals surface area contributed by atoms with Crippen molar-refractivity contribution in [1.82, 2.24) is 9.80 Å². The Kier molecular flexibility index (Phi) is 5.20. The second kappa shape index (κ2) is 7.11. The van der Waals surface area contributed by atoms with E-state index in [1.54, 1.807) is 48.0 Å². The van der Waals surface area contributed by atoms with E-state index in [1.165, 1.54) is 0 Å². The van der Waals surface area contributed by atoms with Crippen molar-refractivity contribution < 1.29 is 14.3 Å². The van der Waals surface area contributed by atoms with Gasteiger partial charge in [0.2, 0.25) is 5.91 Å². The van der Waals surface area contributed by atoms with Crippen LogP contribution in [0.3, 0.4) is 0 Å². The van der Waals surface area contributed by atoms with Gasteiger partial charge in [0.1, 0.15) is 12.4 Å². The van der Waals surface area contributed by atoms with E-state index in [4.69, 9.17) is 4.74 Å². The van der Waals surface area contributed by atoms with E-state index in [-0.39, 0.29) is 17.9 Å². The van der Waals surface area contributed by atoms with Gasteiger partial charge < -0.3 is 14.5 Å². The maximum atomic E-state index is 12.6. The molecule has 118 valence electrons. The highest BCUT2D eigenvalue weighted by Gasteiger charge is 2.30. The Hall–Kier alpha value is -2.30. The molecule has 1 atom stereocenters. The zero-order valence-electron chi connectivity index (χ0n) is 13.1. The first kappa shape index (κ1) is 16.1. The molecule has 1 aliphatic heterocycles. The van der Waals surface area contributed by atoms with Crippen molar-refractivity contribution in [3.05, 3.63) is 42.5 Å². The highest BCUT2D eigenvalue weighted by molar-refractivity contribution is 5.94. The average molecular weight is 302 g/mol. The molecule has 0 radical (unpaired) electrons. The molecule has 1 fully saturated rings. The molecule has 22 heavy (non-hydrogen) atoms. The number of likely N-dealkylation sites (N-methyl/N-ethyl adjacent to an activating group) is 1. The third-order valence-corrected chi connectivity index (χ3v) is 3.94. The Balaban J connectivity index is 2.03. The minimum atomic E-state index is -0.0245. The lowest BCUT2D eigenvalue weighted by Gasteiger charge is -2.23. The lowest BCUT2D eigenvalue weighted by molar-refractivity contribution is -0.129. The molecule has 1 unspecified atom stereocenters. The van der Waals surface area contributed by atoms with Crippen LogP contribution in [0, 0.1) is 0 Å². The second-order valence-corrected chi connectivity index (χ2v) is 5.45. The van der Waals surface area contributed by atoms with E-state index in [9.17, 15) is 9.59 Å². The van der Waals surface area contributed by atoms with Crippen molar-refractivity contribution in [2.45, 2.75) is 19.4 Å². The smallest absolute Gasteiger partial charge is 0.254 e. The fraction of sp³-hybridized carbons (Fsp3) is 0.412. The van der Waals surface area contributed by atoms with Crippen LogP contribution in [0.15, 0.2) is 36.9 Å². The van der Waals surface area contributed by atoms with Crippen LogP contribution in [0.2, 0.25) is 0 Å². The monoisotopic (exact) mass is 302 g/mol. The van der Waals surface area contributed by atoms with Gasteiger partial charge in [-0.25, -0.2) is 0 Å². The number of benzene rings is 1. The third-order valence-electron chi connectivity index (χ3n) is 3.94. The summed E-state index contributed by atoms with van der Waals surface area (Å²) in [6, 6.07) is 7.25. The highest BCUT2D eigenvalue weighted by atomic mass is 16.5. The normalized spacial score (nSPS) is 17.2. The van der Waals surface area contributed by atoms with Crippen LogP contribution in [0.5, 0.6) is 5.75 Å². The van der Waals surface area contributed by atoms with Crippen LogP contribution >= 0.6 is 0 Å². The van der Waals surface area contributed by atoms with E-state index < -0.39 is 0 Å². The first-order chi connectivity index (χ1) is 10.5. The molecule has 1 aromatic rings. The molecule has 1 saturated heterocycles. The van der Waals surface area contributed by atoms with Crippen LogP contribution in [0.25, 0.3) is 0 Å². The standard InChI is InChI=1S/C17H22N2O3/c1-4-10-22-16-7-5-6-14(11-16)17(21)19-9-8-15(12-19)18(3)13(2)20/h4-7,11,15H,1,8-10,12H2,2-3H3. The fourth-order valence-corrected chi connectivity index (χ4v) is 2.56. The number of rotatable bonds is 5. The number of carbonyl (C=O) groups is 2. The number of ether oxygens (including phenoxy) is 1. The molecule has 5 nitrogen and oxygen atoms in total. The van der Waals surface area contributed by atoms with Gasteiger partial charge in [-0.15, -0.1) is 0 Å². The molecule has 0 saturated carbocycles. The van der Waals surface area contributed by atoms with Gasteiger partial charge in [0.05, 0.1) is 6.04 Å². The summed E-state index contributed by atoms with van der Waals surface area (Å²) < 4.78 is 5.46. The fourth-order valence-electron chi connectivity index (χ4n) is 2.56. The molecule has 5 heteroatoms. The molecule has 0 bridgehead atoms. The first-order valence-corrected chi connectivity index (χ1v) is 7.39. The Morgan fingerprint density at radius 3 is 2.95 bits per heavy atom. The molecule has 0 N–H and O–H groups in total. The summed E-state index contributed by atoms with van der Waals surface area (Å²) in [7, 11) is 1.78. The molecular weight excluding hydrogens is 280 g/mol. The van der Waals surface area contributed by atoms with E-state index in [2.05, 4.69) is 6.58 Å². The summed E-state index contributed by atoms with van der Waals surface area (Å²) in [5.41, 5.74) is 0.604. The van der Waals surface area contributed by atoms with Gasteiger partial charge in [0.15, 0.2) is 0 Å². The Labute approximate surface area is 131 Å². The maximum Gasteiger partial charge on any atom is 0.254 e. The molecule has 1 aromatic carbocycles. The van der Waals surface area contributed by atoms with Crippen LogP contribution in [-0.2, 0) is 4.79 Å². The quantitative estimate of drug-likeness (QED) is 0.781. The first-order valence-electron chi connectivity index (χ1n) is 7.39. The van der Waals surface area contributed by atoms with Gasteiger partial charge in [0.25, 0.3) is 5.91 Å². The predicted molar refractivity (Wildman–Crippen MR) is 84.9 cm³/mol. The zero-order chi connectivity index (χ0) is 16.1. The van der Waals surface area contributed by atoms with Crippen LogP contribution in [0.4, 0.5) is 0 Å². The SMILES string of the molecule is C=CCOc1cccc(C(=O)N2CCC(N(C)C(C)=O)C2)c1. The summed E-state index contributed by atoms with van der Waals surface area (Å²) in [5.74, 6) is 0.657. The summed E-state index contributed by atoms with van der Waals surface area (Å²) in [5, 5.41) is 0. The van der Waals surface area contributed by atoms with Crippen LogP contribution < -0.4 is 4.74 Å². The predicted octanol–water partition coefficient (Wildman–Crippen LogP) is 1.94. The minimum absolute atomic E-state index is 0.0245. The van der Waals surface area contributed by atoms with Crippen molar-refractivity contribution in [1.29, 1.82) is 0 Å². The number of hydrogen-bond donors (Lipinski definition) is 0. The molecule has 0 aromatic heterocycles. The molecule has 0 spiro atoms. The van der Waals surface area contributed by atoms with Crippen molar-refractivity contribution in [3.8, 4) is 5.75 Å².